The topological polar surface area (TPSA) is 51.8 Å². The predicted molar refractivity (Wildman–Crippen MR) is 68.2 cm³/mol. The van der Waals surface area contributed by atoms with Crippen molar-refractivity contribution in [2.75, 3.05) is 5.73 Å². The first-order valence-electron chi connectivity index (χ1n) is 5.31. The summed E-state index contributed by atoms with van der Waals surface area (Å²) in [5.41, 5.74) is 7.75. The Morgan fingerprint density at radius 1 is 1.24 bits per heavy atom. The predicted octanol–water partition coefficient (Wildman–Crippen LogP) is 2.68. The Morgan fingerprint density at radius 2 is 2.18 bits per heavy atom. The van der Waals surface area contributed by atoms with Crippen LogP contribution in [-0.4, -0.2) is 9.97 Å². The molecule has 0 aliphatic heterocycles. The molecule has 0 unspecified atom stereocenters. The van der Waals surface area contributed by atoms with Gasteiger partial charge in [-0.25, -0.2) is 4.98 Å². The van der Waals surface area contributed by atoms with Gasteiger partial charge in [-0.1, -0.05) is 12.1 Å². The second-order valence-corrected chi connectivity index (χ2v) is 3.78. The number of fused-ring (bicyclic) bond motifs is 1. The van der Waals surface area contributed by atoms with Crippen molar-refractivity contribution in [2.24, 2.45) is 0 Å². The van der Waals surface area contributed by atoms with Crippen LogP contribution in [0.25, 0.3) is 22.0 Å². The highest BCUT2D eigenvalue weighted by Crippen LogP contribution is 2.25. The zero-order valence-corrected chi connectivity index (χ0v) is 9.09. The van der Waals surface area contributed by atoms with Crippen LogP contribution >= 0.6 is 0 Å². The number of hydrogen-bond donors (Lipinski definition) is 1. The van der Waals surface area contributed by atoms with Crippen LogP contribution in [0.3, 0.4) is 0 Å². The SMILES string of the molecule is Nc1nc(-c2cccnc2)cc2cc[c]cc12. The minimum Gasteiger partial charge on any atom is -0.383 e. The second kappa shape index (κ2) is 3.87. The Hall–Kier alpha value is -2.42. The molecule has 0 aliphatic rings. The van der Waals surface area contributed by atoms with E-state index in [1.165, 1.54) is 0 Å². The monoisotopic (exact) mass is 220 g/mol. The molecule has 0 aliphatic carbocycles. The van der Waals surface area contributed by atoms with E-state index in [4.69, 9.17) is 5.73 Å². The first-order valence-corrected chi connectivity index (χ1v) is 5.31. The maximum absolute atomic E-state index is 5.94. The lowest BCUT2D eigenvalue weighted by Crippen LogP contribution is -1.94. The molecule has 3 aromatic rings. The zero-order valence-electron chi connectivity index (χ0n) is 9.09. The molecule has 1 aromatic carbocycles. The number of nitrogens with zero attached hydrogens (tertiary/aromatic N) is 2. The van der Waals surface area contributed by atoms with E-state index >= 15 is 0 Å². The van der Waals surface area contributed by atoms with Gasteiger partial charge in [0.15, 0.2) is 0 Å². The zero-order chi connectivity index (χ0) is 11.7. The van der Waals surface area contributed by atoms with Gasteiger partial charge in [0.05, 0.1) is 5.69 Å². The summed E-state index contributed by atoms with van der Waals surface area (Å²) < 4.78 is 0. The summed E-state index contributed by atoms with van der Waals surface area (Å²) in [6, 6.07) is 14.6. The molecule has 0 saturated heterocycles. The molecule has 0 saturated carbocycles. The summed E-state index contributed by atoms with van der Waals surface area (Å²) in [5.74, 6) is 0.526. The molecule has 2 aromatic heterocycles. The summed E-state index contributed by atoms with van der Waals surface area (Å²) in [6.45, 7) is 0. The van der Waals surface area contributed by atoms with E-state index in [1.54, 1.807) is 12.4 Å². The lowest BCUT2D eigenvalue weighted by molar-refractivity contribution is 1.29. The summed E-state index contributed by atoms with van der Waals surface area (Å²) >= 11 is 0. The molecule has 0 fully saturated rings. The van der Waals surface area contributed by atoms with Crippen molar-refractivity contribution >= 4 is 16.6 Å². The molecule has 81 valence electrons. The molecule has 3 heteroatoms. The third-order valence-corrected chi connectivity index (χ3v) is 2.66. The Labute approximate surface area is 98.9 Å². The average molecular weight is 220 g/mol. The number of nitrogens with two attached hydrogens (primary N) is 1. The Balaban J connectivity index is 2.26. The van der Waals surface area contributed by atoms with Gasteiger partial charge >= 0.3 is 0 Å². The largest absolute Gasteiger partial charge is 0.383 e. The number of pyridine rings is 2. The highest BCUT2D eigenvalue weighted by molar-refractivity contribution is 5.93. The number of hydrogen-bond acceptors (Lipinski definition) is 3. The average Bonchev–Trinajstić information content (AvgIpc) is 2.40. The molecule has 2 N–H and O–H groups in total. The normalized spacial score (nSPS) is 10.6. The van der Waals surface area contributed by atoms with Crippen LogP contribution in [-0.2, 0) is 0 Å². The van der Waals surface area contributed by atoms with Gasteiger partial charge in [-0.05, 0) is 35.7 Å². The standard InChI is InChI=1S/C14H10N3/c15-14-12-6-2-1-4-10(12)8-13(17-14)11-5-3-7-16-9-11/h1,3-9H,(H2,15,17). The van der Waals surface area contributed by atoms with Crippen molar-refractivity contribution in [3.63, 3.8) is 0 Å². The summed E-state index contributed by atoms with van der Waals surface area (Å²) in [5, 5.41) is 2.00. The van der Waals surface area contributed by atoms with E-state index in [2.05, 4.69) is 16.0 Å². The first-order chi connectivity index (χ1) is 8.34. The van der Waals surface area contributed by atoms with E-state index in [0.717, 1.165) is 22.0 Å². The molecule has 1 radical (unpaired) electrons. The quantitative estimate of drug-likeness (QED) is 0.686. The smallest absolute Gasteiger partial charge is 0.131 e. The maximum atomic E-state index is 5.94. The summed E-state index contributed by atoms with van der Waals surface area (Å²) in [4.78, 5) is 8.47. The lowest BCUT2D eigenvalue weighted by atomic mass is 10.1. The van der Waals surface area contributed by atoms with Crippen LogP contribution < -0.4 is 5.73 Å². The van der Waals surface area contributed by atoms with Crippen LogP contribution in [0.5, 0.6) is 0 Å². The van der Waals surface area contributed by atoms with Gasteiger partial charge < -0.3 is 5.73 Å². The van der Waals surface area contributed by atoms with Gasteiger partial charge in [0.1, 0.15) is 5.82 Å². The van der Waals surface area contributed by atoms with E-state index in [-0.39, 0.29) is 0 Å². The molecular formula is C14H10N3. The molecule has 0 spiro atoms. The van der Waals surface area contributed by atoms with Crippen LogP contribution in [0, 0.1) is 6.07 Å². The van der Waals surface area contributed by atoms with Crippen molar-refractivity contribution in [1.82, 2.24) is 9.97 Å². The van der Waals surface area contributed by atoms with Crippen molar-refractivity contribution in [2.45, 2.75) is 0 Å². The second-order valence-electron chi connectivity index (χ2n) is 3.78. The maximum Gasteiger partial charge on any atom is 0.131 e. The number of anilines is 1. The van der Waals surface area contributed by atoms with Crippen molar-refractivity contribution in [3.8, 4) is 11.3 Å². The van der Waals surface area contributed by atoms with E-state index in [1.807, 2.05) is 36.4 Å². The Morgan fingerprint density at radius 3 is 3.00 bits per heavy atom. The molecule has 3 rings (SSSR count). The van der Waals surface area contributed by atoms with Gasteiger partial charge in [0, 0.05) is 23.3 Å². The lowest BCUT2D eigenvalue weighted by Gasteiger charge is -2.05. The molecule has 0 amide bonds. The Bertz CT molecular complexity index is 663. The van der Waals surface area contributed by atoms with E-state index in [9.17, 15) is 0 Å². The van der Waals surface area contributed by atoms with Gasteiger partial charge in [-0.3, -0.25) is 4.98 Å². The fourth-order valence-electron chi connectivity index (χ4n) is 1.82. The molecule has 0 bridgehead atoms. The third-order valence-electron chi connectivity index (χ3n) is 2.66. The first kappa shape index (κ1) is 9.78. The van der Waals surface area contributed by atoms with Gasteiger partial charge in [0.2, 0.25) is 0 Å². The number of aromatic nitrogens is 2. The number of rotatable bonds is 1. The number of benzene rings is 1. The highest BCUT2D eigenvalue weighted by Gasteiger charge is 2.04. The van der Waals surface area contributed by atoms with Gasteiger partial charge in [0.25, 0.3) is 0 Å². The number of nitrogen functional groups attached to an aromatic ring is 1. The molecule has 3 nitrogen and oxygen atoms in total. The molecule has 2 heterocycles. The fraction of sp³-hybridized carbons (Fsp3) is 0. The van der Waals surface area contributed by atoms with Crippen LogP contribution in [0.1, 0.15) is 0 Å². The van der Waals surface area contributed by atoms with E-state index < -0.39 is 0 Å². The summed E-state index contributed by atoms with van der Waals surface area (Å²) in [7, 11) is 0. The van der Waals surface area contributed by atoms with E-state index in [0.29, 0.717) is 5.82 Å². The minimum atomic E-state index is 0.526. The minimum absolute atomic E-state index is 0.526. The van der Waals surface area contributed by atoms with Crippen molar-refractivity contribution < 1.29 is 0 Å². The van der Waals surface area contributed by atoms with Crippen molar-refractivity contribution in [3.05, 3.63) is 54.9 Å². The third kappa shape index (κ3) is 1.72. The van der Waals surface area contributed by atoms with Crippen LogP contribution in [0.2, 0.25) is 0 Å². The fourth-order valence-corrected chi connectivity index (χ4v) is 1.82. The van der Waals surface area contributed by atoms with Crippen LogP contribution in [0.15, 0.2) is 48.8 Å². The molecular weight excluding hydrogens is 210 g/mol. The van der Waals surface area contributed by atoms with Crippen molar-refractivity contribution in [1.29, 1.82) is 0 Å². The van der Waals surface area contributed by atoms with Gasteiger partial charge in [-0.2, -0.15) is 0 Å². The van der Waals surface area contributed by atoms with Gasteiger partial charge in [-0.15, -0.1) is 0 Å². The van der Waals surface area contributed by atoms with Crippen LogP contribution in [0.4, 0.5) is 5.82 Å². The highest BCUT2D eigenvalue weighted by atomic mass is 14.8. The molecule has 0 atom stereocenters. The Kier molecular flexibility index (Phi) is 2.22. The molecule has 17 heavy (non-hydrogen) atoms. The summed E-state index contributed by atoms with van der Waals surface area (Å²) in [6.07, 6.45) is 3.52.